The van der Waals surface area contributed by atoms with Crippen LogP contribution in [0.5, 0.6) is 5.75 Å². The SMILES string of the molecule is CC(C)(C)c1ccc(OC[C@H](O)CN2CCCC2)c(C(C)(C)C)c1. The van der Waals surface area contributed by atoms with E-state index in [1.165, 1.54) is 24.0 Å². The van der Waals surface area contributed by atoms with Crippen molar-refractivity contribution in [1.82, 2.24) is 4.90 Å². The van der Waals surface area contributed by atoms with Crippen LogP contribution >= 0.6 is 0 Å². The van der Waals surface area contributed by atoms with E-state index in [1.54, 1.807) is 0 Å². The molecule has 0 bridgehead atoms. The van der Waals surface area contributed by atoms with Gasteiger partial charge in [0.25, 0.3) is 0 Å². The molecule has 0 saturated carbocycles. The van der Waals surface area contributed by atoms with Crippen LogP contribution in [0.3, 0.4) is 0 Å². The second-order valence-corrected chi connectivity index (χ2v) is 9.18. The third-order valence-corrected chi connectivity index (χ3v) is 4.75. The molecule has 1 heterocycles. The predicted molar refractivity (Wildman–Crippen MR) is 101 cm³/mol. The normalized spacial score (nSPS) is 18.0. The first-order chi connectivity index (χ1) is 11.1. The molecule has 0 aliphatic carbocycles. The molecule has 0 unspecified atom stereocenters. The Morgan fingerprint density at radius 2 is 1.67 bits per heavy atom. The second-order valence-electron chi connectivity index (χ2n) is 9.18. The highest BCUT2D eigenvalue weighted by Gasteiger charge is 2.24. The van der Waals surface area contributed by atoms with E-state index in [0.717, 1.165) is 18.8 Å². The van der Waals surface area contributed by atoms with Gasteiger partial charge in [-0.2, -0.15) is 0 Å². The predicted octanol–water partition coefficient (Wildman–Crippen LogP) is 4.12. The van der Waals surface area contributed by atoms with Crippen LogP contribution in [0.15, 0.2) is 18.2 Å². The van der Waals surface area contributed by atoms with Crippen LogP contribution in [-0.4, -0.2) is 42.4 Å². The molecule has 24 heavy (non-hydrogen) atoms. The van der Waals surface area contributed by atoms with Gasteiger partial charge < -0.3 is 14.7 Å². The molecule has 1 atom stereocenters. The number of aliphatic hydroxyl groups is 1. The first kappa shape index (κ1) is 19.3. The number of hydrogen-bond acceptors (Lipinski definition) is 3. The van der Waals surface area contributed by atoms with Crippen molar-refractivity contribution in [3.8, 4) is 5.75 Å². The summed E-state index contributed by atoms with van der Waals surface area (Å²) in [6.07, 6.45) is 2.06. The molecule has 1 aliphatic heterocycles. The van der Waals surface area contributed by atoms with Crippen molar-refractivity contribution in [2.45, 2.75) is 71.3 Å². The molecule has 2 rings (SSSR count). The van der Waals surface area contributed by atoms with E-state index in [4.69, 9.17) is 4.74 Å². The van der Waals surface area contributed by atoms with Gasteiger partial charge in [0, 0.05) is 6.54 Å². The van der Waals surface area contributed by atoms with Crippen molar-refractivity contribution in [1.29, 1.82) is 0 Å². The number of nitrogens with zero attached hydrogens (tertiary/aromatic N) is 1. The fraction of sp³-hybridized carbons (Fsp3) is 0.714. The Morgan fingerprint density at radius 1 is 1.04 bits per heavy atom. The van der Waals surface area contributed by atoms with E-state index < -0.39 is 6.10 Å². The van der Waals surface area contributed by atoms with E-state index in [9.17, 15) is 5.11 Å². The number of ether oxygens (including phenoxy) is 1. The summed E-state index contributed by atoms with van der Waals surface area (Å²) in [5.41, 5.74) is 2.66. The lowest BCUT2D eigenvalue weighted by Gasteiger charge is -2.28. The average molecular weight is 334 g/mol. The van der Waals surface area contributed by atoms with Crippen molar-refractivity contribution in [3.63, 3.8) is 0 Å². The van der Waals surface area contributed by atoms with Crippen LogP contribution in [0.25, 0.3) is 0 Å². The lowest BCUT2D eigenvalue weighted by Crippen LogP contribution is -2.34. The summed E-state index contributed by atoms with van der Waals surface area (Å²) < 4.78 is 6.03. The lowest BCUT2D eigenvalue weighted by molar-refractivity contribution is 0.0750. The molecule has 3 nitrogen and oxygen atoms in total. The standard InChI is InChI=1S/C21H35NO2/c1-20(2,3)16-9-10-19(18(13-16)21(4,5)6)24-15-17(23)14-22-11-7-8-12-22/h9-10,13,17,23H,7-8,11-12,14-15H2,1-6H3/t17-/m1/s1. The summed E-state index contributed by atoms with van der Waals surface area (Å²) in [7, 11) is 0. The van der Waals surface area contributed by atoms with E-state index in [1.807, 2.05) is 0 Å². The van der Waals surface area contributed by atoms with Crippen molar-refractivity contribution in [2.75, 3.05) is 26.2 Å². The van der Waals surface area contributed by atoms with Crippen LogP contribution in [0.1, 0.15) is 65.5 Å². The quantitative estimate of drug-likeness (QED) is 0.880. The van der Waals surface area contributed by atoms with Gasteiger partial charge in [-0.25, -0.2) is 0 Å². The van der Waals surface area contributed by atoms with Gasteiger partial charge in [-0.3, -0.25) is 0 Å². The van der Waals surface area contributed by atoms with Gasteiger partial charge in [0.2, 0.25) is 0 Å². The maximum atomic E-state index is 10.3. The Labute approximate surface area is 148 Å². The molecule has 0 amide bonds. The highest BCUT2D eigenvalue weighted by molar-refractivity contribution is 5.43. The highest BCUT2D eigenvalue weighted by atomic mass is 16.5. The molecule has 0 aromatic heterocycles. The van der Waals surface area contributed by atoms with Crippen LogP contribution in [0.2, 0.25) is 0 Å². The van der Waals surface area contributed by atoms with Gasteiger partial charge in [-0.1, -0.05) is 53.7 Å². The number of likely N-dealkylation sites (tertiary alicyclic amines) is 1. The molecule has 1 aliphatic rings. The number of hydrogen-bond donors (Lipinski definition) is 1. The van der Waals surface area contributed by atoms with Crippen molar-refractivity contribution in [3.05, 3.63) is 29.3 Å². The summed E-state index contributed by atoms with van der Waals surface area (Å²) in [6.45, 7) is 16.6. The zero-order valence-electron chi connectivity index (χ0n) is 16.4. The van der Waals surface area contributed by atoms with Crippen LogP contribution in [0, 0.1) is 0 Å². The van der Waals surface area contributed by atoms with Gasteiger partial charge in [-0.05, 0) is 54.0 Å². The topological polar surface area (TPSA) is 32.7 Å². The molecule has 136 valence electrons. The first-order valence-corrected chi connectivity index (χ1v) is 9.25. The Kier molecular flexibility index (Phi) is 5.98. The third kappa shape index (κ3) is 5.22. The molecular formula is C21H35NO2. The second kappa shape index (κ2) is 7.45. The number of β-amino-alcohol motifs (C(OH)–C–C–N with tert-alkyl or cyclic N) is 1. The van der Waals surface area contributed by atoms with Crippen LogP contribution < -0.4 is 4.74 Å². The minimum Gasteiger partial charge on any atom is -0.491 e. The van der Waals surface area contributed by atoms with Gasteiger partial charge in [0.15, 0.2) is 0 Å². The molecule has 1 aromatic carbocycles. The minimum atomic E-state index is -0.432. The van der Waals surface area contributed by atoms with Gasteiger partial charge in [0.05, 0.1) is 0 Å². The monoisotopic (exact) mass is 333 g/mol. The zero-order chi connectivity index (χ0) is 18.0. The molecule has 0 spiro atoms. The fourth-order valence-electron chi connectivity index (χ4n) is 3.21. The zero-order valence-corrected chi connectivity index (χ0v) is 16.4. The number of rotatable bonds is 5. The molecule has 1 aromatic rings. The minimum absolute atomic E-state index is 0.0104. The van der Waals surface area contributed by atoms with Crippen molar-refractivity contribution >= 4 is 0 Å². The van der Waals surface area contributed by atoms with Gasteiger partial charge in [0.1, 0.15) is 18.5 Å². The Hall–Kier alpha value is -1.06. The smallest absolute Gasteiger partial charge is 0.123 e. The van der Waals surface area contributed by atoms with Crippen molar-refractivity contribution in [2.24, 2.45) is 0 Å². The lowest BCUT2D eigenvalue weighted by atomic mass is 9.80. The van der Waals surface area contributed by atoms with Crippen LogP contribution in [-0.2, 0) is 10.8 Å². The summed E-state index contributed by atoms with van der Waals surface area (Å²) >= 11 is 0. The largest absolute Gasteiger partial charge is 0.491 e. The van der Waals surface area contributed by atoms with Crippen molar-refractivity contribution < 1.29 is 9.84 Å². The molecule has 1 N–H and O–H groups in total. The molecule has 1 saturated heterocycles. The summed E-state index contributed by atoms with van der Waals surface area (Å²) in [6, 6.07) is 6.49. The summed E-state index contributed by atoms with van der Waals surface area (Å²) in [5.74, 6) is 0.899. The van der Waals surface area contributed by atoms with E-state index in [0.29, 0.717) is 13.2 Å². The van der Waals surface area contributed by atoms with Gasteiger partial charge in [-0.15, -0.1) is 0 Å². The third-order valence-electron chi connectivity index (χ3n) is 4.75. The summed E-state index contributed by atoms with van der Waals surface area (Å²) in [4.78, 5) is 2.32. The molecule has 1 fully saturated rings. The Morgan fingerprint density at radius 3 is 2.21 bits per heavy atom. The average Bonchev–Trinajstić information content (AvgIpc) is 2.95. The van der Waals surface area contributed by atoms with E-state index >= 15 is 0 Å². The number of benzene rings is 1. The van der Waals surface area contributed by atoms with E-state index in [2.05, 4.69) is 64.6 Å². The Bertz CT molecular complexity index is 534. The Balaban J connectivity index is 2.08. The van der Waals surface area contributed by atoms with Crippen LogP contribution in [0.4, 0.5) is 0 Å². The molecular weight excluding hydrogens is 298 g/mol. The van der Waals surface area contributed by atoms with E-state index in [-0.39, 0.29) is 10.8 Å². The van der Waals surface area contributed by atoms with Gasteiger partial charge >= 0.3 is 0 Å². The summed E-state index contributed by atoms with van der Waals surface area (Å²) in [5, 5.41) is 10.3. The highest BCUT2D eigenvalue weighted by Crippen LogP contribution is 2.35. The maximum absolute atomic E-state index is 10.3. The first-order valence-electron chi connectivity index (χ1n) is 9.25. The number of aliphatic hydroxyl groups excluding tert-OH is 1. The fourth-order valence-corrected chi connectivity index (χ4v) is 3.21. The molecule has 3 heteroatoms. The molecule has 0 radical (unpaired) electrons. The maximum Gasteiger partial charge on any atom is 0.123 e.